The zero-order chi connectivity index (χ0) is 14.7. The molecule has 19 heavy (non-hydrogen) atoms. The van der Waals surface area contributed by atoms with Crippen LogP contribution < -0.4 is 5.32 Å². The highest BCUT2D eigenvalue weighted by molar-refractivity contribution is 9.10. The SMILES string of the molecule is CC(C)[C@H](NC(=O)c1cc(Cl)cc(F)c1Br)C(=O)O. The zero-order valence-electron chi connectivity index (χ0n) is 10.2. The smallest absolute Gasteiger partial charge is 0.326 e. The van der Waals surface area contributed by atoms with Crippen molar-refractivity contribution in [1.82, 2.24) is 5.32 Å². The summed E-state index contributed by atoms with van der Waals surface area (Å²) in [5.41, 5.74) is -0.0445. The summed E-state index contributed by atoms with van der Waals surface area (Å²) < 4.78 is 13.4. The second-order valence-electron chi connectivity index (χ2n) is 4.28. The number of carbonyl (C=O) groups is 2. The number of rotatable bonds is 4. The van der Waals surface area contributed by atoms with Crippen LogP contribution in [0.25, 0.3) is 0 Å². The van der Waals surface area contributed by atoms with E-state index in [0.717, 1.165) is 6.07 Å². The molecule has 7 heteroatoms. The normalized spacial score (nSPS) is 12.3. The van der Waals surface area contributed by atoms with Crippen molar-refractivity contribution in [3.8, 4) is 0 Å². The number of carboxylic acids is 1. The van der Waals surface area contributed by atoms with E-state index in [-0.39, 0.29) is 21.0 Å². The molecule has 0 fully saturated rings. The van der Waals surface area contributed by atoms with Gasteiger partial charge in [0.1, 0.15) is 11.9 Å². The summed E-state index contributed by atoms with van der Waals surface area (Å²) in [6.07, 6.45) is 0. The minimum Gasteiger partial charge on any atom is -0.480 e. The van der Waals surface area contributed by atoms with Crippen LogP contribution in [-0.2, 0) is 4.79 Å². The quantitative estimate of drug-likeness (QED) is 0.818. The van der Waals surface area contributed by atoms with Gasteiger partial charge in [-0.2, -0.15) is 0 Å². The van der Waals surface area contributed by atoms with Gasteiger partial charge < -0.3 is 10.4 Å². The molecule has 4 nitrogen and oxygen atoms in total. The van der Waals surface area contributed by atoms with Gasteiger partial charge in [-0.15, -0.1) is 0 Å². The van der Waals surface area contributed by atoms with E-state index in [0.29, 0.717) is 0 Å². The number of aliphatic carboxylic acids is 1. The van der Waals surface area contributed by atoms with E-state index in [1.54, 1.807) is 13.8 Å². The van der Waals surface area contributed by atoms with Crippen molar-refractivity contribution in [1.29, 1.82) is 0 Å². The molecule has 0 saturated heterocycles. The molecule has 0 aliphatic rings. The van der Waals surface area contributed by atoms with Crippen LogP contribution in [0.15, 0.2) is 16.6 Å². The minimum atomic E-state index is -1.15. The highest BCUT2D eigenvalue weighted by Crippen LogP contribution is 2.25. The van der Waals surface area contributed by atoms with E-state index < -0.39 is 23.7 Å². The Bertz CT molecular complexity index is 522. The van der Waals surface area contributed by atoms with Crippen LogP contribution in [0.1, 0.15) is 24.2 Å². The number of halogens is 3. The van der Waals surface area contributed by atoms with Crippen LogP contribution in [0.4, 0.5) is 4.39 Å². The summed E-state index contributed by atoms with van der Waals surface area (Å²) in [5, 5.41) is 11.4. The van der Waals surface area contributed by atoms with Gasteiger partial charge in [0.2, 0.25) is 0 Å². The molecule has 0 heterocycles. The molecule has 0 radical (unpaired) electrons. The lowest BCUT2D eigenvalue weighted by Crippen LogP contribution is -2.44. The van der Waals surface area contributed by atoms with Crippen LogP contribution in [0.2, 0.25) is 5.02 Å². The summed E-state index contributed by atoms with van der Waals surface area (Å²) in [6.45, 7) is 3.32. The number of nitrogens with one attached hydrogen (secondary N) is 1. The second kappa shape index (κ2) is 6.34. The molecule has 1 aromatic rings. The fourth-order valence-corrected chi connectivity index (χ4v) is 2.07. The number of carboxylic acid groups (broad SMARTS) is 1. The number of carbonyl (C=O) groups excluding carboxylic acids is 1. The van der Waals surface area contributed by atoms with Crippen LogP contribution >= 0.6 is 27.5 Å². The average Bonchev–Trinajstić information content (AvgIpc) is 2.29. The fraction of sp³-hybridized carbons (Fsp3) is 0.333. The van der Waals surface area contributed by atoms with E-state index in [1.165, 1.54) is 6.07 Å². The van der Waals surface area contributed by atoms with E-state index >= 15 is 0 Å². The van der Waals surface area contributed by atoms with Crippen molar-refractivity contribution in [2.45, 2.75) is 19.9 Å². The van der Waals surface area contributed by atoms with Crippen molar-refractivity contribution in [2.75, 3.05) is 0 Å². The van der Waals surface area contributed by atoms with Crippen LogP contribution in [0.5, 0.6) is 0 Å². The van der Waals surface area contributed by atoms with Crippen molar-refractivity contribution in [2.24, 2.45) is 5.92 Å². The molecular weight excluding hydrogens is 340 g/mol. The largest absolute Gasteiger partial charge is 0.480 e. The first-order chi connectivity index (χ1) is 8.73. The summed E-state index contributed by atoms with van der Waals surface area (Å²) in [7, 11) is 0. The molecule has 1 aromatic carbocycles. The molecule has 0 unspecified atom stereocenters. The number of benzene rings is 1. The van der Waals surface area contributed by atoms with Gasteiger partial charge in [-0.1, -0.05) is 25.4 Å². The van der Waals surface area contributed by atoms with E-state index in [2.05, 4.69) is 21.2 Å². The van der Waals surface area contributed by atoms with E-state index in [4.69, 9.17) is 16.7 Å². The maximum Gasteiger partial charge on any atom is 0.326 e. The Balaban J connectivity index is 3.04. The molecule has 0 aliphatic carbocycles. The van der Waals surface area contributed by atoms with Gasteiger partial charge in [0.15, 0.2) is 0 Å². The summed E-state index contributed by atoms with van der Waals surface area (Å²) in [6, 6.07) is 1.27. The highest BCUT2D eigenvalue weighted by atomic mass is 79.9. The number of amides is 1. The Labute approximate surface area is 123 Å². The third-order valence-corrected chi connectivity index (χ3v) is 3.48. The third-order valence-electron chi connectivity index (χ3n) is 2.46. The molecule has 0 bridgehead atoms. The highest BCUT2D eigenvalue weighted by Gasteiger charge is 2.25. The number of hydrogen-bond acceptors (Lipinski definition) is 2. The van der Waals surface area contributed by atoms with Gasteiger partial charge in [0, 0.05) is 5.02 Å². The Kier molecular flexibility index (Phi) is 5.31. The van der Waals surface area contributed by atoms with Crippen molar-refractivity contribution < 1.29 is 19.1 Å². The Morgan fingerprint density at radius 3 is 2.47 bits per heavy atom. The van der Waals surface area contributed by atoms with Gasteiger partial charge in [-0.05, 0) is 34.0 Å². The van der Waals surface area contributed by atoms with E-state index in [9.17, 15) is 14.0 Å². The molecule has 2 N–H and O–H groups in total. The second-order valence-corrected chi connectivity index (χ2v) is 5.51. The molecule has 1 atom stereocenters. The summed E-state index contributed by atoms with van der Waals surface area (Å²) >= 11 is 8.61. The molecule has 104 valence electrons. The first-order valence-corrected chi connectivity index (χ1v) is 6.59. The molecule has 1 amide bonds. The molecule has 0 aliphatic heterocycles. The first-order valence-electron chi connectivity index (χ1n) is 5.42. The number of hydrogen-bond donors (Lipinski definition) is 2. The lowest BCUT2D eigenvalue weighted by molar-refractivity contribution is -0.140. The minimum absolute atomic E-state index is 0.0445. The Morgan fingerprint density at radius 2 is 2.00 bits per heavy atom. The molecule has 0 spiro atoms. The monoisotopic (exact) mass is 351 g/mol. The predicted molar refractivity (Wildman–Crippen MR) is 72.8 cm³/mol. The average molecular weight is 353 g/mol. The summed E-state index contributed by atoms with van der Waals surface area (Å²) in [4.78, 5) is 23.0. The van der Waals surface area contributed by atoms with Gasteiger partial charge in [0.05, 0.1) is 10.0 Å². The third kappa shape index (κ3) is 3.91. The van der Waals surface area contributed by atoms with Crippen molar-refractivity contribution >= 4 is 39.4 Å². The molecule has 0 aromatic heterocycles. The van der Waals surface area contributed by atoms with E-state index in [1.807, 2.05) is 0 Å². The van der Waals surface area contributed by atoms with Gasteiger partial charge in [-0.3, -0.25) is 4.79 Å². The maximum atomic E-state index is 13.4. The molecule has 1 rings (SSSR count). The first kappa shape index (κ1) is 15.9. The topological polar surface area (TPSA) is 66.4 Å². The maximum absolute atomic E-state index is 13.4. The van der Waals surface area contributed by atoms with Crippen molar-refractivity contribution in [3.63, 3.8) is 0 Å². The van der Waals surface area contributed by atoms with Gasteiger partial charge >= 0.3 is 5.97 Å². The fourth-order valence-electron chi connectivity index (χ4n) is 1.45. The summed E-state index contributed by atoms with van der Waals surface area (Å²) in [5.74, 6) is -2.84. The Hall–Kier alpha value is -1.14. The lowest BCUT2D eigenvalue weighted by Gasteiger charge is -2.18. The van der Waals surface area contributed by atoms with Crippen molar-refractivity contribution in [3.05, 3.63) is 33.0 Å². The van der Waals surface area contributed by atoms with Gasteiger partial charge in [-0.25, -0.2) is 9.18 Å². The zero-order valence-corrected chi connectivity index (χ0v) is 12.5. The molecule has 0 saturated carbocycles. The molecular formula is C12H12BrClFNO3. The lowest BCUT2D eigenvalue weighted by atomic mass is 10.0. The Morgan fingerprint density at radius 1 is 1.42 bits per heavy atom. The van der Waals surface area contributed by atoms with Gasteiger partial charge in [0.25, 0.3) is 5.91 Å². The standard InChI is InChI=1S/C12H12BrClFNO3/c1-5(2)10(12(18)19)16-11(17)7-3-6(14)4-8(15)9(7)13/h3-5,10H,1-2H3,(H,16,17)(H,18,19)/t10-/m0/s1. The van der Waals surface area contributed by atoms with Crippen LogP contribution in [-0.4, -0.2) is 23.0 Å². The van der Waals surface area contributed by atoms with Crippen LogP contribution in [0, 0.1) is 11.7 Å². The predicted octanol–water partition coefficient (Wildman–Crippen LogP) is 3.08. The van der Waals surface area contributed by atoms with Crippen LogP contribution in [0.3, 0.4) is 0 Å².